The fraction of sp³-hybridized carbons (Fsp3) is 0.333. The summed E-state index contributed by atoms with van der Waals surface area (Å²) in [5.41, 5.74) is 3.35. The quantitative estimate of drug-likeness (QED) is 0.647. The Morgan fingerprint density at radius 2 is 1.90 bits per heavy atom. The molecule has 0 fully saturated rings. The molecule has 156 valence electrons. The molecule has 6 nitrogen and oxygen atoms in total. The topological polar surface area (TPSA) is 58.7 Å². The molecule has 0 bridgehead atoms. The molecule has 1 aliphatic heterocycles. The molecule has 0 radical (unpaired) electrons. The van der Waals surface area contributed by atoms with Crippen LogP contribution >= 0.6 is 0 Å². The van der Waals surface area contributed by atoms with E-state index >= 15 is 0 Å². The van der Waals surface area contributed by atoms with Gasteiger partial charge in [0.25, 0.3) is 5.91 Å². The van der Waals surface area contributed by atoms with Crippen LogP contribution in [-0.4, -0.2) is 45.3 Å². The Bertz CT molecular complexity index is 1040. The van der Waals surface area contributed by atoms with Gasteiger partial charge in [-0.05, 0) is 56.2 Å². The van der Waals surface area contributed by atoms with E-state index in [0.717, 1.165) is 23.4 Å². The second-order valence-corrected chi connectivity index (χ2v) is 7.98. The van der Waals surface area contributed by atoms with Gasteiger partial charge in [-0.1, -0.05) is 24.3 Å². The van der Waals surface area contributed by atoms with Crippen molar-refractivity contribution in [2.75, 3.05) is 13.1 Å². The third-order valence-corrected chi connectivity index (χ3v) is 5.76. The van der Waals surface area contributed by atoms with E-state index < -0.39 is 0 Å². The van der Waals surface area contributed by atoms with Gasteiger partial charge < -0.3 is 18.8 Å². The molecular formula is C24H27N3O3. The van der Waals surface area contributed by atoms with E-state index in [0.29, 0.717) is 6.54 Å². The number of hydrogen-bond acceptors (Lipinski definition) is 3. The van der Waals surface area contributed by atoms with Crippen LogP contribution in [0.2, 0.25) is 0 Å². The van der Waals surface area contributed by atoms with Gasteiger partial charge in [0, 0.05) is 31.0 Å². The lowest BCUT2D eigenvalue weighted by molar-refractivity contribution is -0.135. The Kier molecular flexibility index (Phi) is 5.48. The van der Waals surface area contributed by atoms with Gasteiger partial charge >= 0.3 is 0 Å². The Balaban J connectivity index is 1.65. The number of amides is 2. The molecule has 1 atom stereocenters. The number of benzene rings is 1. The van der Waals surface area contributed by atoms with Crippen LogP contribution in [0, 0.1) is 6.92 Å². The molecule has 0 spiro atoms. The van der Waals surface area contributed by atoms with Crippen molar-refractivity contribution in [2.45, 2.75) is 39.4 Å². The zero-order chi connectivity index (χ0) is 21.3. The van der Waals surface area contributed by atoms with Crippen LogP contribution in [0.5, 0.6) is 0 Å². The van der Waals surface area contributed by atoms with Gasteiger partial charge in [0.2, 0.25) is 5.91 Å². The monoisotopic (exact) mass is 405 g/mol. The summed E-state index contributed by atoms with van der Waals surface area (Å²) in [5.74, 6) is -0.0834. The van der Waals surface area contributed by atoms with Crippen LogP contribution in [0.15, 0.2) is 65.4 Å². The summed E-state index contributed by atoms with van der Waals surface area (Å²) in [6, 6.07) is 15.3. The minimum absolute atomic E-state index is 0.0142. The van der Waals surface area contributed by atoms with Gasteiger partial charge in [0.1, 0.15) is 6.54 Å². The average Bonchev–Trinajstić information content (AvgIpc) is 3.42. The maximum Gasteiger partial charge on any atom is 0.290 e. The molecule has 0 saturated heterocycles. The van der Waals surface area contributed by atoms with Crippen molar-refractivity contribution in [3.63, 3.8) is 0 Å². The second-order valence-electron chi connectivity index (χ2n) is 7.98. The Hall–Kier alpha value is -3.28. The molecular weight excluding hydrogens is 378 g/mol. The van der Waals surface area contributed by atoms with Crippen LogP contribution < -0.4 is 0 Å². The summed E-state index contributed by atoms with van der Waals surface area (Å²) in [4.78, 5) is 29.9. The summed E-state index contributed by atoms with van der Waals surface area (Å²) in [7, 11) is 0. The molecule has 3 heterocycles. The van der Waals surface area contributed by atoms with Gasteiger partial charge in [-0.2, -0.15) is 0 Å². The third-order valence-electron chi connectivity index (χ3n) is 5.76. The van der Waals surface area contributed by atoms with Gasteiger partial charge in [0.05, 0.1) is 12.3 Å². The minimum atomic E-state index is -0.267. The van der Waals surface area contributed by atoms with Gasteiger partial charge in [-0.3, -0.25) is 9.59 Å². The first-order valence-electron chi connectivity index (χ1n) is 10.3. The smallest absolute Gasteiger partial charge is 0.290 e. The van der Waals surface area contributed by atoms with Crippen molar-refractivity contribution in [1.29, 1.82) is 0 Å². The van der Waals surface area contributed by atoms with E-state index in [1.54, 1.807) is 17.0 Å². The molecule has 0 aliphatic carbocycles. The van der Waals surface area contributed by atoms with Crippen LogP contribution in [0.4, 0.5) is 0 Å². The standard InChI is InChI=1S/C24H27N3O3/c1-17(2)27(24(29)21-11-7-15-30-21)16-22(28)26-14-13-25-12-6-10-20(25)23(26)19-9-5-4-8-18(19)3/h4-12,15,17,23H,13-14,16H2,1-3H3. The van der Waals surface area contributed by atoms with E-state index in [2.05, 4.69) is 35.9 Å². The Morgan fingerprint density at radius 3 is 2.60 bits per heavy atom. The lowest BCUT2D eigenvalue weighted by Gasteiger charge is -2.39. The highest BCUT2D eigenvalue weighted by atomic mass is 16.3. The SMILES string of the molecule is Cc1ccccc1C1c2cccn2CCN1C(=O)CN(C(=O)c1ccco1)C(C)C. The third kappa shape index (κ3) is 3.65. The van der Waals surface area contributed by atoms with Crippen LogP contribution in [0.3, 0.4) is 0 Å². The molecule has 1 aliphatic rings. The molecule has 2 amide bonds. The van der Waals surface area contributed by atoms with Crippen molar-refractivity contribution in [3.8, 4) is 0 Å². The number of carbonyl (C=O) groups is 2. The van der Waals surface area contributed by atoms with Crippen molar-refractivity contribution in [3.05, 3.63) is 83.6 Å². The number of fused-ring (bicyclic) bond motifs is 1. The maximum absolute atomic E-state index is 13.5. The molecule has 1 aromatic carbocycles. The summed E-state index contributed by atoms with van der Waals surface area (Å²) in [6.07, 6.45) is 3.53. The first-order valence-corrected chi connectivity index (χ1v) is 10.3. The van der Waals surface area contributed by atoms with Gasteiger partial charge in [-0.15, -0.1) is 0 Å². The summed E-state index contributed by atoms with van der Waals surface area (Å²) in [5, 5.41) is 0. The molecule has 6 heteroatoms. The van der Waals surface area contributed by atoms with E-state index in [9.17, 15) is 9.59 Å². The number of rotatable bonds is 5. The molecule has 2 aromatic heterocycles. The second kappa shape index (κ2) is 8.22. The molecule has 0 N–H and O–H groups in total. The van der Waals surface area contributed by atoms with Gasteiger partial charge in [0.15, 0.2) is 5.76 Å². The predicted molar refractivity (Wildman–Crippen MR) is 114 cm³/mol. The van der Waals surface area contributed by atoms with Crippen molar-refractivity contribution < 1.29 is 14.0 Å². The largest absolute Gasteiger partial charge is 0.459 e. The highest BCUT2D eigenvalue weighted by molar-refractivity contribution is 5.94. The number of carbonyl (C=O) groups excluding carboxylic acids is 2. The zero-order valence-corrected chi connectivity index (χ0v) is 17.6. The lowest BCUT2D eigenvalue weighted by atomic mass is 9.95. The first-order chi connectivity index (χ1) is 14.5. The highest BCUT2D eigenvalue weighted by Crippen LogP contribution is 2.34. The summed E-state index contributed by atoms with van der Waals surface area (Å²) < 4.78 is 7.48. The van der Waals surface area contributed by atoms with Crippen LogP contribution in [0.1, 0.15) is 47.3 Å². The fourth-order valence-corrected chi connectivity index (χ4v) is 4.14. The average molecular weight is 405 g/mol. The van der Waals surface area contributed by atoms with Crippen LogP contribution in [-0.2, 0) is 11.3 Å². The number of furan rings is 1. The Morgan fingerprint density at radius 1 is 1.10 bits per heavy atom. The minimum Gasteiger partial charge on any atom is -0.459 e. The fourth-order valence-electron chi connectivity index (χ4n) is 4.14. The van der Waals surface area contributed by atoms with Crippen molar-refractivity contribution in [1.82, 2.24) is 14.4 Å². The Labute approximate surface area is 176 Å². The normalized spacial score (nSPS) is 15.9. The molecule has 4 rings (SSSR count). The molecule has 1 unspecified atom stereocenters. The van der Waals surface area contributed by atoms with E-state index in [-0.39, 0.29) is 36.2 Å². The first kappa shape index (κ1) is 20.0. The summed E-state index contributed by atoms with van der Waals surface area (Å²) in [6.45, 7) is 7.24. The highest BCUT2D eigenvalue weighted by Gasteiger charge is 2.34. The van der Waals surface area contributed by atoms with Crippen LogP contribution in [0.25, 0.3) is 0 Å². The van der Waals surface area contributed by atoms with Crippen molar-refractivity contribution >= 4 is 11.8 Å². The number of hydrogen-bond donors (Lipinski definition) is 0. The van der Waals surface area contributed by atoms with Gasteiger partial charge in [-0.25, -0.2) is 0 Å². The number of nitrogens with zero attached hydrogens (tertiary/aromatic N) is 3. The molecule has 30 heavy (non-hydrogen) atoms. The lowest BCUT2D eigenvalue weighted by Crippen LogP contribution is -2.49. The zero-order valence-electron chi connectivity index (χ0n) is 17.6. The van der Waals surface area contributed by atoms with E-state index in [4.69, 9.17) is 4.42 Å². The number of aryl methyl sites for hydroxylation is 1. The summed E-state index contributed by atoms with van der Waals surface area (Å²) >= 11 is 0. The molecule has 3 aromatic rings. The predicted octanol–water partition coefficient (Wildman–Crippen LogP) is 3.87. The van der Waals surface area contributed by atoms with E-state index in [1.807, 2.05) is 36.9 Å². The molecule has 0 saturated carbocycles. The van der Waals surface area contributed by atoms with E-state index in [1.165, 1.54) is 6.26 Å². The van der Waals surface area contributed by atoms with Crippen molar-refractivity contribution in [2.24, 2.45) is 0 Å². The number of aromatic nitrogens is 1. The maximum atomic E-state index is 13.5.